The second-order valence-corrected chi connectivity index (χ2v) is 14.6. The Bertz CT molecular complexity index is 3190. The summed E-state index contributed by atoms with van der Waals surface area (Å²) in [7, 11) is 0. The molecule has 0 aliphatic heterocycles. The highest BCUT2D eigenvalue weighted by Crippen LogP contribution is 2.48. The van der Waals surface area contributed by atoms with Crippen LogP contribution in [0.15, 0.2) is 233 Å². The van der Waals surface area contributed by atoms with Crippen LogP contribution in [-0.2, 0) is 0 Å². The van der Waals surface area contributed by atoms with Crippen molar-refractivity contribution in [2.45, 2.75) is 0 Å². The molecule has 0 aliphatic carbocycles. The van der Waals surface area contributed by atoms with Gasteiger partial charge in [-0.25, -0.2) is 0 Å². The van der Waals surface area contributed by atoms with Crippen molar-refractivity contribution in [3.05, 3.63) is 224 Å². The molecule has 11 rings (SSSR count). The number of benzene rings is 9. The number of anilines is 9. The Labute approximate surface area is 341 Å². The van der Waals surface area contributed by atoms with Gasteiger partial charge in [0.25, 0.3) is 0 Å². The molecule has 0 fully saturated rings. The van der Waals surface area contributed by atoms with Gasteiger partial charge in [0.1, 0.15) is 16.7 Å². The fraction of sp³-hybridized carbons (Fsp3) is 0. The van der Waals surface area contributed by atoms with Gasteiger partial charge in [-0.15, -0.1) is 0 Å². The summed E-state index contributed by atoms with van der Waals surface area (Å²) in [6.45, 7) is 0. The second kappa shape index (κ2) is 14.5. The van der Waals surface area contributed by atoms with Crippen LogP contribution in [0.1, 0.15) is 0 Å². The summed E-state index contributed by atoms with van der Waals surface area (Å²) >= 11 is 0. The fourth-order valence-electron chi connectivity index (χ4n) is 8.36. The van der Waals surface area contributed by atoms with E-state index >= 15 is 0 Å². The molecule has 9 aromatic carbocycles. The van der Waals surface area contributed by atoms with Crippen LogP contribution in [-0.4, -0.2) is 0 Å². The minimum atomic E-state index is 0.824. The normalized spacial score (nSPS) is 11.4. The minimum absolute atomic E-state index is 0.824. The van der Waals surface area contributed by atoms with Crippen molar-refractivity contribution >= 4 is 95.1 Å². The van der Waals surface area contributed by atoms with Crippen LogP contribution in [0, 0.1) is 0 Å². The molecule has 0 radical (unpaired) electrons. The zero-order valence-electron chi connectivity index (χ0n) is 32.0. The Kier molecular flexibility index (Phi) is 8.41. The van der Waals surface area contributed by atoms with Crippen molar-refractivity contribution in [2.24, 2.45) is 0 Å². The molecule has 0 amide bonds. The zero-order chi connectivity index (χ0) is 39.1. The van der Waals surface area contributed by atoms with E-state index in [1.54, 1.807) is 0 Å². The lowest BCUT2D eigenvalue weighted by Gasteiger charge is -2.33. The molecular weight excluding hydrogens is 723 g/mol. The van der Waals surface area contributed by atoms with Crippen molar-refractivity contribution in [2.75, 3.05) is 14.7 Å². The average Bonchev–Trinajstić information content (AvgIpc) is 3.87. The topological polar surface area (TPSA) is 36.0 Å². The standard InChI is InChI=1S/C54H37N3O2/c1-5-18-38(19-6-1)55(39-20-7-2-8-21-39)43-34-44(56(40-22-9-3-10-23-40)42-32-33-53-49(37-42)47-27-14-15-30-51(47)58-53)36-45(35-43)57(41-24-11-4-12-25-41)50-29-17-28-48-46-26-13-16-31-52(46)59-54(48)50/h1-37H. The number of nitrogens with zero attached hydrogens (tertiary/aromatic N) is 3. The van der Waals surface area contributed by atoms with Crippen molar-refractivity contribution in [3.63, 3.8) is 0 Å². The van der Waals surface area contributed by atoms with Crippen molar-refractivity contribution in [1.82, 2.24) is 0 Å². The van der Waals surface area contributed by atoms with Crippen LogP contribution in [0.3, 0.4) is 0 Å². The van der Waals surface area contributed by atoms with Gasteiger partial charge in [-0.3, -0.25) is 0 Å². The third-order valence-corrected chi connectivity index (χ3v) is 11.0. The first-order valence-electron chi connectivity index (χ1n) is 19.8. The third-order valence-electron chi connectivity index (χ3n) is 11.0. The fourth-order valence-corrected chi connectivity index (χ4v) is 8.36. The Balaban J connectivity index is 1.22. The van der Waals surface area contributed by atoms with Gasteiger partial charge in [0.2, 0.25) is 0 Å². The van der Waals surface area contributed by atoms with Gasteiger partial charge in [0, 0.05) is 50.0 Å². The van der Waals surface area contributed by atoms with Gasteiger partial charge < -0.3 is 23.5 Å². The van der Waals surface area contributed by atoms with Gasteiger partial charge in [-0.1, -0.05) is 121 Å². The predicted octanol–water partition coefficient (Wildman–Crippen LogP) is 15.9. The lowest BCUT2D eigenvalue weighted by molar-refractivity contribution is 0.668. The van der Waals surface area contributed by atoms with Gasteiger partial charge in [0.15, 0.2) is 5.58 Å². The Morgan fingerprint density at radius 1 is 0.237 bits per heavy atom. The van der Waals surface area contributed by atoms with Crippen LogP contribution in [0.5, 0.6) is 0 Å². The number of furan rings is 2. The summed E-state index contributed by atoms with van der Waals surface area (Å²) < 4.78 is 13.0. The van der Waals surface area contributed by atoms with E-state index in [4.69, 9.17) is 8.83 Å². The van der Waals surface area contributed by atoms with Crippen molar-refractivity contribution < 1.29 is 8.83 Å². The molecule has 59 heavy (non-hydrogen) atoms. The monoisotopic (exact) mass is 759 g/mol. The maximum Gasteiger partial charge on any atom is 0.159 e. The van der Waals surface area contributed by atoms with Gasteiger partial charge in [-0.2, -0.15) is 0 Å². The first-order chi connectivity index (χ1) is 29.3. The van der Waals surface area contributed by atoms with Crippen molar-refractivity contribution in [1.29, 1.82) is 0 Å². The van der Waals surface area contributed by atoms with E-state index in [1.807, 2.05) is 24.3 Å². The molecule has 5 heteroatoms. The van der Waals surface area contributed by atoms with E-state index in [9.17, 15) is 0 Å². The van der Waals surface area contributed by atoms with Gasteiger partial charge in [-0.05, 0) is 103 Å². The Hall–Kier alpha value is -8.02. The molecule has 0 saturated heterocycles. The number of hydrogen-bond acceptors (Lipinski definition) is 5. The maximum atomic E-state index is 6.74. The molecule has 0 aliphatic rings. The Morgan fingerprint density at radius 2 is 0.644 bits per heavy atom. The second-order valence-electron chi connectivity index (χ2n) is 14.6. The number of fused-ring (bicyclic) bond motifs is 6. The van der Waals surface area contributed by atoms with Crippen LogP contribution < -0.4 is 14.7 Å². The highest BCUT2D eigenvalue weighted by atomic mass is 16.3. The first-order valence-corrected chi connectivity index (χ1v) is 19.8. The van der Waals surface area contributed by atoms with E-state index in [0.717, 1.165) is 95.1 Å². The lowest BCUT2D eigenvalue weighted by atomic mass is 10.1. The van der Waals surface area contributed by atoms with Gasteiger partial charge >= 0.3 is 0 Å². The zero-order valence-corrected chi connectivity index (χ0v) is 32.0. The first kappa shape index (κ1) is 34.2. The van der Waals surface area contributed by atoms with Gasteiger partial charge in [0.05, 0.1) is 22.7 Å². The quantitative estimate of drug-likeness (QED) is 0.146. The molecule has 0 saturated carbocycles. The highest BCUT2D eigenvalue weighted by Gasteiger charge is 2.25. The van der Waals surface area contributed by atoms with Crippen LogP contribution in [0.2, 0.25) is 0 Å². The lowest BCUT2D eigenvalue weighted by Crippen LogP contribution is -2.16. The smallest absolute Gasteiger partial charge is 0.159 e. The SMILES string of the molecule is c1ccc(N(c2ccccc2)c2cc(N(c3ccccc3)c3ccc4oc5ccccc5c4c3)cc(N(c3ccccc3)c3cccc4c3oc3ccccc34)c2)cc1. The molecule has 2 heterocycles. The molecular formula is C54H37N3O2. The summed E-state index contributed by atoms with van der Waals surface area (Å²) in [6.07, 6.45) is 0. The Morgan fingerprint density at radius 3 is 1.20 bits per heavy atom. The number of rotatable bonds is 9. The summed E-state index contributed by atoms with van der Waals surface area (Å²) in [5.41, 5.74) is 12.4. The van der Waals surface area contributed by atoms with E-state index in [0.29, 0.717) is 0 Å². The van der Waals surface area contributed by atoms with E-state index in [2.05, 4.69) is 215 Å². The van der Waals surface area contributed by atoms with Crippen LogP contribution in [0.4, 0.5) is 51.2 Å². The minimum Gasteiger partial charge on any atom is -0.456 e. The highest BCUT2D eigenvalue weighted by molar-refractivity contribution is 6.11. The maximum absolute atomic E-state index is 6.74. The van der Waals surface area contributed by atoms with Crippen LogP contribution >= 0.6 is 0 Å². The molecule has 0 unspecified atom stereocenters. The number of para-hydroxylation sites is 7. The molecule has 5 nitrogen and oxygen atoms in total. The third kappa shape index (κ3) is 6.13. The molecule has 11 aromatic rings. The molecule has 0 bridgehead atoms. The molecule has 280 valence electrons. The molecule has 2 aromatic heterocycles. The predicted molar refractivity (Wildman–Crippen MR) is 245 cm³/mol. The van der Waals surface area contributed by atoms with E-state index < -0.39 is 0 Å². The average molecular weight is 760 g/mol. The van der Waals surface area contributed by atoms with E-state index in [-0.39, 0.29) is 0 Å². The summed E-state index contributed by atoms with van der Waals surface area (Å²) in [4.78, 5) is 6.99. The summed E-state index contributed by atoms with van der Waals surface area (Å²) in [5.74, 6) is 0. The largest absolute Gasteiger partial charge is 0.456 e. The van der Waals surface area contributed by atoms with Crippen molar-refractivity contribution in [3.8, 4) is 0 Å². The van der Waals surface area contributed by atoms with E-state index in [1.165, 1.54) is 0 Å². The summed E-state index contributed by atoms with van der Waals surface area (Å²) in [5, 5.41) is 4.30. The molecule has 0 atom stereocenters. The molecule has 0 spiro atoms. The summed E-state index contributed by atoms with van der Waals surface area (Å²) in [6, 6.07) is 78.6. The number of hydrogen-bond donors (Lipinski definition) is 0. The van der Waals surface area contributed by atoms with Crippen LogP contribution in [0.25, 0.3) is 43.9 Å². The molecule has 0 N–H and O–H groups in total.